The highest BCUT2D eigenvalue weighted by Gasteiger charge is 2.08. The second-order valence-electron chi connectivity index (χ2n) is 4.26. The van der Waals surface area contributed by atoms with E-state index in [1.54, 1.807) is 0 Å². The molecule has 0 N–H and O–H groups in total. The van der Waals surface area contributed by atoms with Crippen LogP contribution in [0, 0.1) is 0 Å². The summed E-state index contributed by atoms with van der Waals surface area (Å²) in [7, 11) is -0.492. The molecular formula is C12H27OSi. The molecule has 0 aromatic carbocycles. The molecule has 0 amide bonds. The van der Waals surface area contributed by atoms with E-state index in [0.717, 1.165) is 0 Å². The van der Waals surface area contributed by atoms with Gasteiger partial charge in [-0.25, -0.2) is 0 Å². The number of hydrogen-bond acceptors (Lipinski definition) is 1. The van der Waals surface area contributed by atoms with E-state index in [9.17, 15) is 0 Å². The van der Waals surface area contributed by atoms with Crippen molar-refractivity contribution >= 4 is 9.04 Å². The molecule has 0 aromatic heterocycles. The van der Waals surface area contributed by atoms with Crippen molar-refractivity contribution in [1.29, 1.82) is 0 Å². The van der Waals surface area contributed by atoms with Gasteiger partial charge in [0.25, 0.3) is 0 Å². The molecule has 1 nitrogen and oxygen atoms in total. The van der Waals surface area contributed by atoms with Crippen LogP contribution in [0.1, 0.15) is 58.8 Å². The summed E-state index contributed by atoms with van der Waals surface area (Å²) in [4.78, 5) is 0. The number of hydrogen-bond donors (Lipinski definition) is 0. The van der Waals surface area contributed by atoms with Gasteiger partial charge in [0.2, 0.25) is 9.04 Å². The van der Waals surface area contributed by atoms with Gasteiger partial charge in [0, 0.05) is 6.10 Å². The van der Waals surface area contributed by atoms with E-state index in [1.807, 2.05) is 0 Å². The Labute approximate surface area is 92.0 Å². The lowest BCUT2D eigenvalue weighted by Crippen LogP contribution is -2.19. The van der Waals surface area contributed by atoms with E-state index in [-0.39, 0.29) is 0 Å². The fraction of sp³-hybridized carbons (Fsp3) is 1.00. The molecule has 0 rings (SSSR count). The highest BCUT2D eigenvalue weighted by atomic mass is 28.3. The van der Waals surface area contributed by atoms with E-state index in [0.29, 0.717) is 6.10 Å². The highest BCUT2D eigenvalue weighted by Crippen LogP contribution is 2.12. The zero-order chi connectivity index (χ0) is 10.8. The van der Waals surface area contributed by atoms with Crippen LogP contribution < -0.4 is 0 Å². The van der Waals surface area contributed by atoms with Gasteiger partial charge >= 0.3 is 0 Å². The molecule has 0 aliphatic carbocycles. The molecule has 0 heterocycles. The molecule has 0 saturated carbocycles. The van der Waals surface area contributed by atoms with Crippen LogP contribution in [-0.4, -0.2) is 15.1 Å². The van der Waals surface area contributed by atoms with Gasteiger partial charge in [-0.1, -0.05) is 46.0 Å². The zero-order valence-corrected chi connectivity index (χ0v) is 11.4. The van der Waals surface area contributed by atoms with Gasteiger partial charge in [0.1, 0.15) is 0 Å². The number of rotatable bonds is 9. The zero-order valence-electron chi connectivity index (χ0n) is 10.4. The Kier molecular flexibility index (Phi) is 9.84. The lowest BCUT2D eigenvalue weighted by molar-refractivity contribution is 0.185. The van der Waals surface area contributed by atoms with Gasteiger partial charge in [0.05, 0.1) is 0 Å². The van der Waals surface area contributed by atoms with Crippen LogP contribution in [0.4, 0.5) is 0 Å². The molecule has 0 aliphatic rings. The van der Waals surface area contributed by atoms with Gasteiger partial charge in [-0.3, -0.25) is 0 Å². The Hall–Kier alpha value is 0.177. The summed E-state index contributed by atoms with van der Waals surface area (Å²) in [6, 6.07) is 0. The Morgan fingerprint density at radius 1 is 1.00 bits per heavy atom. The average molecular weight is 215 g/mol. The van der Waals surface area contributed by atoms with Gasteiger partial charge < -0.3 is 4.43 Å². The van der Waals surface area contributed by atoms with Crippen LogP contribution in [-0.2, 0) is 4.43 Å². The van der Waals surface area contributed by atoms with Crippen molar-refractivity contribution < 1.29 is 4.43 Å². The first-order chi connectivity index (χ1) is 6.70. The maximum Gasteiger partial charge on any atom is 0.205 e. The predicted molar refractivity (Wildman–Crippen MR) is 66.0 cm³/mol. The van der Waals surface area contributed by atoms with Crippen molar-refractivity contribution in [3.63, 3.8) is 0 Å². The quantitative estimate of drug-likeness (QED) is 0.409. The van der Waals surface area contributed by atoms with E-state index in [1.165, 1.54) is 44.9 Å². The largest absolute Gasteiger partial charge is 0.414 e. The summed E-state index contributed by atoms with van der Waals surface area (Å²) in [5, 5.41) is 0. The van der Waals surface area contributed by atoms with Crippen LogP contribution in [0.3, 0.4) is 0 Å². The second kappa shape index (κ2) is 9.72. The Morgan fingerprint density at radius 3 is 2.14 bits per heavy atom. The molecule has 0 fully saturated rings. The van der Waals surface area contributed by atoms with Gasteiger partial charge in [-0.05, 0) is 25.9 Å². The molecule has 14 heavy (non-hydrogen) atoms. The first-order valence-corrected chi connectivity index (χ1v) is 8.58. The van der Waals surface area contributed by atoms with Gasteiger partial charge in [-0.2, -0.15) is 0 Å². The summed E-state index contributed by atoms with van der Waals surface area (Å²) >= 11 is 0. The maximum absolute atomic E-state index is 5.91. The van der Waals surface area contributed by atoms with E-state index in [4.69, 9.17) is 4.43 Å². The van der Waals surface area contributed by atoms with Gasteiger partial charge in [0.15, 0.2) is 0 Å². The summed E-state index contributed by atoms with van der Waals surface area (Å²) in [6.45, 7) is 8.96. The van der Waals surface area contributed by atoms with Crippen LogP contribution >= 0.6 is 0 Å². The minimum absolute atomic E-state index is 0.492. The van der Waals surface area contributed by atoms with E-state index >= 15 is 0 Å². The molecule has 1 unspecified atom stereocenters. The first-order valence-electron chi connectivity index (χ1n) is 6.17. The minimum atomic E-state index is -0.492. The normalized spacial score (nSPS) is 13.5. The third kappa shape index (κ3) is 8.76. The molecular weight excluding hydrogens is 188 g/mol. The first kappa shape index (κ1) is 14.2. The molecule has 0 saturated heterocycles. The summed E-state index contributed by atoms with van der Waals surface area (Å²) in [6.07, 6.45) is 9.89. The van der Waals surface area contributed by atoms with Crippen molar-refractivity contribution in [3.05, 3.63) is 0 Å². The molecule has 0 spiro atoms. The summed E-state index contributed by atoms with van der Waals surface area (Å²) < 4.78 is 5.91. The standard InChI is InChI=1S/C12H27OSi/c1-5-7-8-9-10-11-12(6-2)13-14(3)4/h12H,5-11H2,1-4H3. The van der Waals surface area contributed by atoms with E-state index in [2.05, 4.69) is 26.9 Å². The minimum Gasteiger partial charge on any atom is -0.414 e. The summed E-state index contributed by atoms with van der Waals surface area (Å²) in [5.74, 6) is 0. The van der Waals surface area contributed by atoms with Crippen LogP contribution in [0.15, 0.2) is 0 Å². The fourth-order valence-electron chi connectivity index (χ4n) is 1.66. The van der Waals surface area contributed by atoms with Crippen LogP contribution in [0.25, 0.3) is 0 Å². The Bertz CT molecular complexity index is 115. The SMILES string of the molecule is CCCCCCCC(CC)O[Si](C)C. The van der Waals surface area contributed by atoms with Gasteiger partial charge in [-0.15, -0.1) is 0 Å². The molecule has 1 atom stereocenters. The van der Waals surface area contributed by atoms with Crippen molar-refractivity contribution in [3.8, 4) is 0 Å². The Balaban J connectivity index is 3.33. The Morgan fingerprint density at radius 2 is 1.64 bits per heavy atom. The third-order valence-corrected chi connectivity index (χ3v) is 3.29. The molecule has 1 radical (unpaired) electrons. The highest BCUT2D eigenvalue weighted by molar-refractivity contribution is 6.48. The molecule has 0 aliphatic heterocycles. The third-order valence-electron chi connectivity index (χ3n) is 2.49. The molecule has 0 bridgehead atoms. The van der Waals surface area contributed by atoms with Crippen molar-refractivity contribution in [2.24, 2.45) is 0 Å². The average Bonchev–Trinajstić information content (AvgIpc) is 2.15. The van der Waals surface area contributed by atoms with Crippen LogP contribution in [0.2, 0.25) is 13.1 Å². The second-order valence-corrected chi connectivity index (χ2v) is 6.31. The monoisotopic (exact) mass is 215 g/mol. The number of unbranched alkanes of at least 4 members (excludes halogenated alkanes) is 4. The molecule has 2 heteroatoms. The topological polar surface area (TPSA) is 9.23 Å². The van der Waals surface area contributed by atoms with E-state index < -0.39 is 9.04 Å². The van der Waals surface area contributed by atoms with Crippen molar-refractivity contribution in [2.75, 3.05) is 0 Å². The molecule has 85 valence electrons. The summed E-state index contributed by atoms with van der Waals surface area (Å²) in [5.41, 5.74) is 0. The predicted octanol–water partition coefficient (Wildman–Crippen LogP) is 4.39. The lowest BCUT2D eigenvalue weighted by Gasteiger charge is -2.18. The fourth-order valence-corrected chi connectivity index (χ4v) is 2.61. The van der Waals surface area contributed by atoms with Crippen molar-refractivity contribution in [1.82, 2.24) is 0 Å². The molecule has 0 aromatic rings. The maximum atomic E-state index is 5.91. The smallest absolute Gasteiger partial charge is 0.205 e. The lowest BCUT2D eigenvalue weighted by atomic mass is 10.1. The van der Waals surface area contributed by atoms with Crippen molar-refractivity contribution in [2.45, 2.75) is 78.0 Å². The van der Waals surface area contributed by atoms with Crippen LogP contribution in [0.5, 0.6) is 0 Å².